The molecule has 6 nitrogen and oxygen atoms in total. The number of ether oxygens (including phenoxy) is 1. The number of hydrazone groups is 1. The number of carbonyl (C=O) groups excluding carboxylic acids is 1. The number of rotatable bonds is 4. The van der Waals surface area contributed by atoms with Crippen molar-refractivity contribution in [2.75, 3.05) is 7.11 Å². The molecule has 0 fully saturated rings. The fourth-order valence-electron chi connectivity index (χ4n) is 2.35. The van der Waals surface area contributed by atoms with Gasteiger partial charge in [-0.1, -0.05) is 15.9 Å². The molecule has 3 rings (SSSR count). The monoisotopic (exact) mass is 414 g/mol. The molecule has 0 radical (unpaired) electrons. The van der Waals surface area contributed by atoms with E-state index in [0.717, 1.165) is 9.86 Å². The smallest absolute Gasteiger partial charge is 0.345 e. The number of hydrogen-bond acceptors (Lipinski definition) is 5. The molecule has 3 aromatic rings. The van der Waals surface area contributed by atoms with Gasteiger partial charge in [-0.05, 0) is 55.5 Å². The van der Waals surface area contributed by atoms with Crippen LogP contribution in [0.25, 0.3) is 11.0 Å². The zero-order valence-electron chi connectivity index (χ0n) is 14.1. The van der Waals surface area contributed by atoms with E-state index in [1.807, 2.05) is 6.07 Å². The highest BCUT2D eigenvalue weighted by Crippen LogP contribution is 2.19. The molecule has 1 aromatic heterocycles. The van der Waals surface area contributed by atoms with Crippen LogP contribution in [0.15, 0.2) is 67.3 Å². The molecule has 1 heterocycles. The van der Waals surface area contributed by atoms with Crippen molar-refractivity contribution in [2.45, 2.75) is 6.92 Å². The highest BCUT2D eigenvalue weighted by atomic mass is 79.9. The van der Waals surface area contributed by atoms with Crippen molar-refractivity contribution in [3.63, 3.8) is 0 Å². The van der Waals surface area contributed by atoms with E-state index in [0.29, 0.717) is 22.6 Å². The minimum absolute atomic E-state index is 0.283. The molecule has 0 saturated heterocycles. The number of methoxy groups -OCH3 is 1. The third kappa shape index (κ3) is 3.83. The topological polar surface area (TPSA) is 80.9 Å². The van der Waals surface area contributed by atoms with E-state index in [4.69, 9.17) is 9.15 Å². The summed E-state index contributed by atoms with van der Waals surface area (Å²) in [4.78, 5) is 24.3. The van der Waals surface area contributed by atoms with E-state index in [9.17, 15) is 9.59 Å². The largest absolute Gasteiger partial charge is 0.497 e. The Hall–Kier alpha value is -2.93. The predicted octanol–water partition coefficient (Wildman–Crippen LogP) is 3.72. The normalized spacial score (nSPS) is 11.4. The molecule has 0 aliphatic heterocycles. The van der Waals surface area contributed by atoms with Crippen molar-refractivity contribution in [2.24, 2.45) is 5.10 Å². The van der Waals surface area contributed by atoms with E-state index in [1.54, 1.807) is 56.5 Å². The third-order valence-corrected chi connectivity index (χ3v) is 4.25. The summed E-state index contributed by atoms with van der Waals surface area (Å²) in [6, 6.07) is 13.6. The van der Waals surface area contributed by atoms with Crippen LogP contribution < -0.4 is 15.8 Å². The standard InChI is InChI=1S/C19H15BrN2O4/c1-11(21-22-18(23)12-3-6-15(25-2)7-4-12)16-10-13-9-14(20)5-8-17(13)26-19(16)24/h3-10H,1-2H3,(H,22,23)/b21-11-. The maximum absolute atomic E-state index is 12.2. The van der Waals surface area contributed by atoms with Crippen LogP contribution in [-0.4, -0.2) is 18.7 Å². The lowest BCUT2D eigenvalue weighted by molar-refractivity contribution is 0.0955. The molecule has 0 spiro atoms. The average Bonchev–Trinajstić information content (AvgIpc) is 2.65. The first-order valence-corrected chi connectivity index (χ1v) is 8.49. The fourth-order valence-corrected chi connectivity index (χ4v) is 2.73. The summed E-state index contributed by atoms with van der Waals surface area (Å²) in [6.07, 6.45) is 0. The van der Waals surface area contributed by atoms with E-state index in [-0.39, 0.29) is 11.5 Å². The molecule has 26 heavy (non-hydrogen) atoms. The highest BCUT2D eigenvalue weighted by Gasteiger charge is 2.10. The van der Waals surface area contributed by atoms with E-state index in [1.165, 1.54) is 0 Å². The first-order chi connectivity index (χ1) is 12.5. The van der Waals surface area contributed by atoms with Crippen molar-refractivity contribution in [3.8, 4) is 5.75 Å². The summed E-state index contributed by atoms with van der Waals surface area (Å²) in [7, 11) is 1.55. The Kier molecular flexibility index (Phi) is 5.18. The van der Waals surface area contributed by atoms with Gasteiger partial charge in [-0.2, -0.15) is 5.10 Å². The van der Waals surface area contributed by atoms with Crippen molar-refractivity contribution < 1.29 is 13.9 Å². The number of nitrogens with one attached hydrogen (secondary N) is 1. The third-order valence-electron chi connectivity index (χ3n) is 3.76. The van der Waals surface area contributed by atoms with Crippen LogP contribution in [0.2, 0.25) is 0 Å². The van der Waals surface area contributed by atoms with Crippen molar-refractivity contribution in [1.82, 2.24) is 5.43 Å². The molecule has 1 amide bonds. The molecule has 0 aliphatic rings. The van der Waals surface area contributed by atoms with E-state index >= 15 is 0 Å². The second-order valence-corrected chi connectivity index (χ2v) is 6.41. The van der Waals surface area contributed by atoms with Gasteiger partial charge in [0.05, 0.1) is 18.4 Å². The summed E-state index contributed by atoms with van der Waals surface area (Å²) in [5.41, 5.74) is 3.47. The number of benzene rings is 2. The minimum atomic E-state index is -0.514. The summed E-state index contributed by atoms with van der Waals surface area (Å²) in [6.45, 7) is 1.63. The van der Waals surface area contributed by atoms with Crippen molar-refractivity contribution in [1.29, 1.82) is 0 Å². The molecule has 0 unspecified atom stereocenters. The molecule has 132 valence electrons. The molecule has 0 bridgehead atoms. The van der Waals surface area contributed by atoms with Gasteiger partial charge in [-0.3, -0.25) is 4.79 Å². The fraction of sp³-hybridized carbons (Fsp3) is 0.105. The van der Waals surface area contributed by atoms with Crippen LogP contribution in [0.5, 0.6) is 5.75 Å². The summed E-state index contributed by atoms with van der Waals surface area (Å²) < 4.78 is 11.2. The minimum Gasteiger partial charge on any atom is -0.497 e. The van der Waals surface area contributed by atoms with Crippen LogP contribution in [0, 0.1) is 0 Å². The van der Waals surface area contributed by atoms with E-state index in [2.05, 4.69) is 26.5 Å². The van der Waals surface area contributed by atoms with Gasteiger partial charge in [0.15, 0.2) is 0 Å². The lowest BCUT2D eigenvalue weighted by Crippen LogP contribution is -2.21. The predicted molar refractivity (Wildman–Crippen MR) is 103 cm³/mol. The van der Waals surface area contributed by atoms with Crippen LogP contribution in [-0.2, 0) is 0 Å². The molecular formula is C19H15BrN2O4. The number of carbonyl (C=O) groups is 1. The van der Waals surface area contributed by atoms with Crippen molar-refractivity contribution >= 4 is 38.5 Å². The zero-order chi connectivity index (χ0) is 18.7. The number of halogens is 1. The Morgan fingerprint density at radius 1 is 1.15 bits per heavy atom. The Morgan fingerprint density at radius 2 is 1.88 bits per heavy atom. The van der Waals surface area contributed by atoms with Gasteiger partial charge in [0.2, 0.25) is 0 Å². The van der Waals surface area contributed by atoms with Crippen molar-refractivity contribution in [3.05, 3.63) is 74.6 Å². The Balaban J connectivity index is 1.84. The maximum Gasteiger partial charge on any atom is 0.345 e. The van der Waals surface area contributed by atoms with Crippen LogP contribution in [0.3, 0.4) is 0 Å². The first kappa shape index (κ1) is 17.9. The second-order valence-electron chi connectivity index (χ2n) is 5.50. The van der Waals surface area contributed by atoms with Gasteiger partial charge >= 0.3 is 5.63 Å². The summed E-state index contributed by atoms with van der Waals surface area (Å²) >= 11 is 3.38. The molecule has 7 heteroatoms. The molecule has 2 aromatic carbocycles. The first-order valence-electron chi connectivity index (χ1n) is 7.70. The van der Waals surface area contributed by atoms with Gasteiger partial charge in [0.1, 0.15) is 11.3 Å². The lowest BCUT2D eigenvalue weighted by atomic mass is 10.1. The molecule has 0 atom stereocenters. The molecule has 0 saturated carbocycles. The van der Waals surface area contributed by atoms with Gasteiger partial charge in [-0.25, -0.2) is 10.2 Å². The molecule has 1 N–H and O–H groups in total. The van der Waals surface area contributed by atoms with Crippen LogP contribution in [0.1, 0.15) is 22.8 Å². The second kappa shape index (κ2) is 7.53. The van der Waals surface area contributed by atoms with Gasteiger partial charge in [0.25, 0.3) is 5.91 Å². The van der Waals surface area contributed by atoms with E-state index < -0.39 is 5.63 Å². The number of fused-ring (bicyclic) bond motifs is 1. The number of nitrogens with zero attached hydrogens (tertiary/aromatic N) is 1. The summed E-state index contributed by atoms with van der Waals surface area (Å²) in [5, 5.41) is 4.77. The molecule has 0 aliphatic carbocycles. The maximum atomic E-state index is 12.2. The summed E-state index contributed by atoms with van der Waals surface area (Å²) in [5.74, 6) is 0.265. The zero-order valence-corrected chi connectivity index (χ0v) is 15.7. The average molecular weight is 415 g/mol. The lowest BCUT2D eigenvalue weighted by Gasteiger charge is -2.05. The Labute approximate surface area is 157 Å². The highest BCUT2D eigenvalue weighted by molar-refractivity contribution is 9.10. The molecular weight excluding hydrogens is 400 g/mol. The van der Waals surface area contributed by atoms with Crippen LogP contribution in [0.4, 0.5) is 0 Å². The Morgan fingerprint density at radius 3 is 2.58 bits per heavy atom. The SMILES string of the molecule is COc1ccc(C(=O)N/N=C(/C)c2cc3cc(Br)ccc3oc2=O)cc1. The quantitative estimate of drug-likeness (QED) is 0.400. The Bertz CT molecular complexity index is 1060. The van der Waals surface area contributed by atoms with Gasteiger partial charge in [0, 0.05) is 15.4 Å². The van der Waals surface area contributed by atoms with Crippen LogP contribution >= 0.6 is 15.9 Å². The number of hydrogen-bond donors (Lipinski definition) is 1. The van der Waals surface area contributed by atoms with Gasteiger partial charge in [-0.15, -0.1) is 0 Å². The van der Waals surface area contributed by atoms with Gasteiger partial charge < -0.3 is 9.15 Å². The number of amides is 1.